The quantitative estimate of drug-likeness (QED) is 0.315. The highest BCUT2D eigenvalue weighted by atomic mass is 16.3. The lowest BCUT2D eigenvalue weighted by Crippen LogP contribution is -2.32. The van der Waals surface area contributed by atoms with Crippen LogP contribution in [0.2, 0.25) is 0 Å². The highest BCUT2D eigenvalue weighted by molar-refractivity contribution is 5.94. The predicted octanol–water partition coefficient (Wildman–Crippen LogP) is 4.31. The number of H-pyrrole nitrogens is 1. The Balaban J connectivity index is 1.24. The van der Waals surface area contributed by atoms with Gasteiger partial charge < -0.3 is 15.4 Å². The number of aryl methyl sites for hydroxylation is 1. The summed E-state index contributed by atoms with van der Waals surface area (Å²) < 4.78 is 1.81. The van der Waals surface area contributed by atoms with Gasteiger partial charge in [-0.1, -0.05) is 60.7 Å². The number of rotatable bonds is 7. The van der Waals surface area contributed by atoms with Crippen LogP contribution in [0.15, 0.2) is 66.9 Å². The number of carbonyl (C=O) groups excluding carboxylic acids is 1. The van der Waals surface area contributed by atoms with Gasteiger partial charge in [-0.05, 0) is 34.4 Å². The second-order valence-electron chi connectivity index (χ2n) is 9.81. The number of fused-ring (bicyclic) bond motifs is 3. The largest absolute Gasteiger partial charge is 0.394 e. The highest BCUT2D eigenvalue weighted by Crippen LogP contribution is 2.27. The maximum absolute atomic E-state index is 13.4. The highest BCUT2D eigenvalue weighted by Gasteiger charge is 2.28. The SMILES string of the molecule is Cc1cccc2c(CN3CCc4c(c(C(=O)NCc5cccc6ccccc56)nn4CCO)C3)c[nH]c12. The van der Waals surface area contributed by atoms with Crippen molar-refractivity contribution < 1.29 is 9.90 Å². The van der Waals surface area contributed by atoms with Crippen LogP contribution in [0.1, 0.15) is 38.4 Å². The third-order valence-corrected chi connectivity index (χ3v) is 7.46. The Kier molecular flexibility index (Phi) is 6.24. The lowest BCUT2D eigenvalue weighted by atomic mass is 10.0. The van der Waals surface area contributed by atoms with Gasteiger partial charge in [0.1, 0.15) is 0 Å². The van der Waals surface area contributed by atoms with Crippen LogP contribution < -0.4 is 5.32 Å². The molecule has 5 aromatic rings. The van der Waals surface area contributed by atoms with Crippen LogP contribution in [0.4, 0.5) is 0 Å². The van der Waals surface area contributed by atoms with Gasteiger partial charge in [0.15, 0.2) is 5.69 Å². The van der Waals surface area contributed by atoms with Crippen molar-refractivity contribution in [3.63, 3.8) is 0 Å². The summed E-state index contributed by atoms with van der Waals surface area (Å²) in [5.41, 5.74) is 7.22. The number of amides is 1. The third kappa shape index (κ3) is 4.41. The fourth-order valence-electron chi connectivity index (χ4n) is 5.59. The average molecular weight is 494 g/mol. The van der Waals surface area contributed by atoms with Crippen molar-refractivity contribution in [1.82, 2.24) is 25.0 Å². The molecule has 1 amide bonds. The van der Waals surface area contributed by atoms with Gasteiger partial charge in [-0.2, -0.15) is 5.10 Å². The molecule has 1 aliphatic rings. The number of aliphatic hydroxyl groups excluding tert-OH is 1. The van der Waals surface area contributed by atoms with Crippen molar-refractivity contribution >= 4 is 27.6 Å². The fraction of sp³-hybridized carbons (Fsp3) is 0.267. The summed E-state index contributed by atoms with van der Waals surface area (Å²) in [6.07, 6.45) is 2.89. The van der Waals surface area contributed by atoms with E-state index in [0.29, 0.717) is 25.3 Å². The van der Waals surface area contributed by atoms with Crippen molar-refractivity contribution in [2.75, 3.05) is 13.2 Å². The third-order valence-electron chi connectivity index (χ3n) is 7.46. The zero-order valence-corrected chi connectivity index (χ0v) is 21.0. The summed E-state index contributed by atoms with van der Waals surface area (Å²) in [6.45, 7) is 5.25. The number of aromatic amines is 1. The summed E-state index contributed by atoms with van der Waals surface area (Å²) in [5, 5.41) is 20.9. The van der Waals surface area contributed by atoms with Crippen molar-refractivity contribution in [1.29, 1.82) is 0 Å². The summed E-state index contributed by atoms with van der Waals surface area (Å²) in [5.74, 6) is -0.176. The standard InChI is InChI=1S/C30H31N5O2/c1-20-6-4-11-25-23(17-31-28(20)25)18-34-13-12-27-26(19-34)29(33-35(27)14-15-36)30(37)32-16-22-9-5-8-21-7-2-3-10-24(21)22/h2-11,17,31,36H,12-16,18-19H2,1H3,(H,32,37). The zero-order chi connectivity index (χ0) is 25.4. The molecule has 0 radical (unpaired) electrons. The van der Waals surface area contributed by atoms with Gasteiger partial charge in [-0.3, -0.25) is 14.4 Å². The van der Waals surface area contributed by atoms with E-state index in [1.165, 1.54) is 22.0 Å². The molecule has 0 atom stereocenters. The van der Waals surface area contributed by atoms with Crippen molar-refractivity contribution in [2.24, 2.45) is 0 Å². The van der Waals surface area contributed by atoms with Crippen LogP contribution in [0.25, 0.3) is 21.7 Å². The number of nitrogens with zero attached hydrogens (tertiary/aromatic N) is 3. The Morgan fingerprint density at radius 2 is 1.86 bits per heavy atom. The number of para-hydroxylation sites is 1. The van der Waals surface area contributed by atoms with Gasteiger partial charge in [-0.25, -0.2) is 0 Å². The molecule has 188 valence electrons. The molecule has 0 saturated carbocycles. The normalized spacial score (nSPS) is 13.8. The minimum atomic E-state index is -0.176. The second kappa shape index (κ2) is 9.84. The Bertz CT molecular complexity index is 1590. The average Bonchev–Trinajstić information content (AvgIpc) is 3.50. The molecular weight excluding hydrogens is 462 g/mol. The predicted molar refractivity (Wildman–Crippen MR) is 145 cm³/mol. The van der Waals surface area contributed by atoms with Gasteiger partial charge in [0.2, 0.25) is 0 Å². The molecular formula is C30H31N5O2. The van der Waals surface area contributed by atoms with Gasteiger partial charge in [0.25, 0.3) is 5.91 Å². The summed E-state index contributed by atoms with van der Waals surface area (Å²) in [6, 6.07) is 20.7. The molecule has 3 aromatic carbocycles. The minimum Gasteiger partial charge on any atom is -0.394 e. The van der Waals surface area contributed by atoms with Crippen LogP contribution in [-0.4, -0.2) is 43.8 Å². The first-order chi connectivity index (χ1) is 18.1. The molecule has 1 aliphatic heterocycles. The Morgan fingerprint density at radius 1 is 1.05 bits per heavy atom. The van der Waals surface area contributed by atoms with Gasteiger partial charge in [0.05, 0.1) is 13.2 Å². The van der Waals surface area contributed by atoms with Gasteiger partial charge in [0, 0.05) is 61.0 Å². The van der Waals surface area contributed by atoms with Gasteiger partial charge in [-0.15, -0.1) is 0 Å². The molecule has 0 aliphatic carbocycles. The van der Waals surface area contributed by atoms with Crippen LogP contribution in [0, 0.1) is 6.92 Å². The van der Waals surface area contributed by atoms with Crippen LogP contribution in [-0.2, 0) is 32.6 Å². The van der Waals surface area contributed by atoms with E-state index in [4.69, 9.17) is 0 Å². The summed E-state index contributed by atoms with van der Waals surface area (Å²) >= 11 is 0. The van der Waals surface area contributed by atoms with E-state index in [0.717, 1.165) is 47.1 Å². The topological polar surface area (TPSA) is 86.2 Å². The number of nitrogens with one attached hydrogen (secondary N) is 2. The Hall–Kier alpha value is -3.94. The molecule has 7 heteroatoms. The molecule has 37 heavy (non-hydrogen) atoms. The molecule has 3 N–H and O–H groups in total. The van der Waals surface area contributed by atoms with E-state index < -0.39 is 0 Å². The Labute approximate surface area is 215 Å². The van der Waals surface area contributed by atoms with E-state index in [9.17, 15) is 9.90 Å². The fourth-order valence-corrected chi connectivity index (χ4v) is 5.59. The molecule has 2 aromatic heterocycles. The summed E-state index contributed by atoms with van der Waals surface area (Å²) in [7, 11) is 0. The molecule has 0 unspecified atom stereocenters. The molecule has 0 fully saturated rings. The molecule has 0 saturated heterocycles. The van der Waals surface area contributed by atoms with E-state index >= 15 is 0 Å². The van der Waals surface area contributed by atoms with Crippen molar-refractivity contribution in [3.05, 3.63) is 101 Å². The lowest BCUT2D eigenvalue weighted by molar-refractivity contribution is 0.0942. The lowest BCUT2D eigenvalue weighted by Gasteiger charge is -2.27. The second-order valence-corrected chi connectivity index (χ2v) is 9.81. The Morgan fingerprint density at radius 3 is 2.76 bits per heavy atom. The smallest absolute Gasteiger partial charge is 0.272 e. The van der Waals surface area contributed by atoms with E-state index in [1.807, 2.05) is 28.9 Å². The van der Waals surface area contributed by atoms with Gasteiger partial charge >= 0.3 is 0 Å². The number of benzene rings is 3. The van der Waals surface area contributed by atoms with E-state index in [1.54, 1.807) is 0 Å². The number of hydrogen-bond acceptors (Lipinski definition) is 4. The van der Waals surface area contributed by atoms with Crippen LogP contribution in [0.5, 0.6) is 0 Å². The van der Waals surface area contributed by atoms with Crippen LogP contribution >= 0.6 is 0 Å². The summed E-state index contributed by atoms with van der Waals surface area (Å²) in [4.78, 5) is 19.2. The maximum atomic E-state index is 13.4. The first-order valence-electron chi connectivity index (χ1n) is 12.8. The van der Waals surface area contributed by atoms with Crippen molar-refractivity contribution in [2.45, 2.75) is 39.5 Å². The molecule has 0 spiro atoms. The van der Waals surface area contributed by atoms with Crippen molar-refractivity contribution in [3.8, 4) is 0 Å². The molecule has 7 nitrogen and oxygen atoms in total. The molecule has 3 heterocycles. The number of hydrogen-bond donors (Lipinski definition) is 3. The molecule has 6 rings (SSSR count). The first-order valence-corrected chi connectivity index (χ1v) is 12.8. The minimum absolute atomic E-state index is 0.0103. The molecule has 0 bridgehead atoms. The zero-order valence-electron chi connectivity index (χ0n) is 21.0. The van der Waals surface area contributed by atoms with E-state index in [-0.39, 0.29) is 12.5 Å². The van der Waals surface area contributed by atoms with Crippen LogP contribution in [0.3, 0.4) is 0 Å². The monoisotopic (exact) mass is 493 g/mol. The maximum Gasteiger partial charge on any atom is 0.272 e. The number of aromatic nitrogens is 3. The first kappa shape index (κ1) is 23.5. The van der Waals surface area contributed by atoms with E-state index in [2.05, 4.69) is 69.8 Å². The number of aliphatic hydroxyl groups is 1. The number of carbonyl (C=O) groups is 1.